The lowest BCUT2D eigenvalue weighted by atomic mass is 10.1. The first kappa shape index (κ1) is 27.4. The van der Waals surface area contributed by atoms with Gasteiger partial charge in [-0.1, -0.05) is 145 Å². The Morgan fingerprint density at radius 1 is 0.444 bits per heavy atom. The summed E-state index contributed by atoms with van der Waals surface area (Å²) in [6.07, 6.45) is 0. The molecule has 0 aromatic heterocycles. The van der Waals surface area contributed by atoms with E-state index in [4.69, 9.17) is 33.2 Å². The lowest BCUT2D eigenvalue weighted by Crippen LogP contribution is -2.59. The van der Waals surface area contributed by atoms with Crippen LogP contribution in [0.15, 0.2) is 115 Å². The zero-order valence-corrected chi connectivity index (χ0v) is 26.2. The van der Waals surface area contributed by atoms with E-state index in [0.717, 1.165) is 29.4 Å². The maximum Gasteiger partial charge on any atom is 0.280 e. The molecule has 4 aromatic rings. The second-order valence-electron chi connectivity index (χ2n) is 10.2. The van der Waals surface area contributed by atoms with Gasteiger partial charge in [0.1, 0.15) is 15.5 Å². The molecular formula is C30H33Cl3Si3. The average molecular weight is 584 g/mol. The molecular weight excluding hydrogens is 551 g/mol. The molecule has 6 heteroatoms. The van der Waals surface area contributed by atoms with E-state index in [1.54, 1.807) is 0 Å². The molecule has 0 aliphatic carbocycles. The van der Waals surface area contributed by atoms with Crippen molar-refractivity contribution in [2.24, 2.45) is 0 Å². The molecule has 0 radical (unpaired) electrons. The topological polar surface area (TPSA) is 0 Å². The minimum atomic E-state index is -2.70. The van der Waals surface area contributed by atoms with Crippen molar-refractivity contribution >= 4 is 70.9 Å². The highest BCUT2D eigenvalue weighted by atomic mass is 35.7. The lowest BCUT2D eigenvalue weighted by molar-refractivity contribution is 1.24. The van der Waals surface area contributed by atoms with E-state index in [2.05, 4.69) is 122 Å². The van der Waals surface area contributed by atoms with E-state index in [-0.39, 0.29) is 0 Å². The fourth-order valence-electron chi connectivity index (χ4n) is 4.95. The standard InChI is InChI=1S/C30H33Cl3Si3/c1-34(2,31)22-23-35(28-14-8-4-9-15-28,29-16-10-5-11-17-29)24-25-36(32,33)30-20-18-27(19-21-30)26-12-6-3-7-13-26/h3-21H,22-25H2,1-2H3. The Labute approximate surface area is 233 Å². The van der Waals surface area contributed by atoms with Crippen LogP contribution in [-0.4, -0.2) is 22.2 Å². The van der Waals surface area contributed by atoms with E-state index in [9.17, 15) is 0 Å². The molecule has 0 atom stereocenters. The second-order valence-corrected chi connectivity index (χ2v) is 28.4. The Balaban J connectivity index is 1.66. The van der Waals surface area contributed by atoms with Crippen LogP contribution in [0.2, 0.25) is 37.3 Å². The first-order chi connectivity index (χ1) is 17.2. The Kier molecular flexibility index (Phi) is 9.03. The summed E-state index contributed by atoms with van der Waals surface area (Å²) >= 11 is 21.4. The summed E-state index contributed by atoms with van der Waals surface area (Å²) in [6.45, 7) is 1.80. The number of benzene rings is 4. The molecule has 0 spiro atoms. The Hall–Kier alpha value is -1.60. The molecule has 186 valence electrons. The summed E-state index contributed by atoms with van der Waals surface area (Å²) in [7, 11) is -3.91. The zero-order valence-electron chi connectivity index (χ0n) is 20.9. The molecule has 0 fully saturated rings. The first-order valence-electron chi connectivity index (χ1n) is 12.5. The van der Waals surface area contributed by atoms with Gasteiger partial charge in [-0.25, -0.2) is 0 Å². The summed E-state index contributed by atoms with van der Waals surface area (Å²) < 4.78 is 0. The maximum absolute atomic E-state index is 7.24. The van der Waals surface area contributed by atoms with Crippen LogP contribution in [0.3, 0.4) is 0 Å². The highest BCUT2D eigenvalue weighted by molar-refractivity contribution is 7.51. The van der Waals surface area contributed by atoms with Gasteiger partial charge in [0.15, 0.2) is 0 Å². The van der Waals surface area contributed by atoms with Crippen molar-refractivity contribution in [2.45, 2.75) is 37.3 Å². The van der Waals surface area contributed by atoms with Gasteiger partial charge in [0.2, 0.25) is 0 Å². The molecule has 4 rings (SSSR count). The Bertz CT molecular complexity index is 1180. The Morgan fingerprint density at radius 2 is 0.861 bits per heavy atom. The van der Waals surface area contributed by atoms with Crippen molar-refractivity contribution in [3.8, 4) is 11.1 Å². The van der Waals surface area contributed by atoms with E-state index in [1.807, 2.05) is 6.07 Å². The van der Waals surface area contributed by atoms with Gasteiger partial charge < -0.3 is 0 Å². The monoisotopic (exact) mass is 582 g/mol. The van der Waals surface area contributed by atoms with Gasteiger partial charge in [0, 0.05) is 0 Å². The molecule has 0 saturated heterocycles. The van der Waals surface area contributed by atoms with E-state index in [1.165, 1.54) is 21.5 Å². The third kappa shape index (κ3) is 6.83. The highest BCUT2D eigenvalue weighted by Crippen LogP contribution is 2.32. The van der Waals surface area contributed by atoms with E-state index < -0.39 is 22.2 Å². The van der Waals surface area contributed by atoms with Crippen molar-refractivity contribution in [3.63, 3.8) is 0 Å². The van der Waals surface area contributed by atoms with Crippen molar-refractivity contribution in [3.05, 3.63) is 115 Å². The predicted molar refractivity (Wildman–Crippen MR) is 169 cm³/mol. The number of rotatable bonds is 10. The zero-order chi connectivity index (χ0) is 25.7. The van der Waals surface area contributed by atoms with Gasteiger partial charge in [-0.15, -0.1) is 22.2 Å². The molecule has 0 unspecified atom stereocenters. The van der Waals surface area contributed by atoms with Crippen molar-refractivity contribution in [1.82, 2.24) is 0 Å². The van der Waals surface area contributed by atoms with Gasteiger partial charge in [-0.05, 0) is 34.4 Å². The summed E-state index contributed by atoms with van der Waals surface area (Å²) in [5.74, 6) is 0. The predicted octanol–water partition coefficient (Wildman–Crippen LogP) is 8.19. The maximum atomic E-state index is 7.24. The fourth-order valence-corrected chi connectivity index (χ4v) is 19.6. The number of hydrogen-bond acceptors (Lipinski definition) is 0. The lowest BCUT2D eigenvalue weighted by Gasteiger charge is -2.36. The second kappa shape index (κ2) is 11.8. The van der Waals surface area contributed by atoms with Crippen LogP contribution in [-0.2, 0) is 0 Å². The van der Waals surface area contributed by atoms with Crippen molar-refractivity contribution < 1.29 is 0 Å². The van der Waals surface area contributed by atoms with Crippen LogP contribution in [0.1, 0.15) is 0 Å². The van der Waals surface area contributed by atoms with Crippen LogP contribution in [0, 0.1) is 0 Å². The smallest absolute Gasteiger partial charge is 0.168 e. The van der Waals surface area contributed by atoms with Crippen molar-refractivity contribution in [1.29, 1.82) is 0 Å². The third-order valence-electron chi connectivity index (χ3n) is 7.08. The molecule has 0 nitrogen and oxygen atoms in total. The number of hydrogen-bond donors (Lipinski definition) is 0. The summed E-state index contributed by atoms with van der Waals surface area (Å²) in [6, 6.07) is 45.1. The minimum absolute atomic E-state index is 0.821. The quantitative estimate of drug-likeness (QED) is 0.130. The molecule has 0 bridgehead atoms. The van der Waals surface area contributed by atoms with E-state index in [0.29, 0.717) is 0 Å². The molecule has 0 amide bonds. The fraction of sp³-hybridized carbons (Fsp3) is 0.200. The molecule has 0 N–H and O–H groups in total. The van der Waals surface area contributed by atoms with Gasteiger partial charge in [0.25, 0.3) is 6.69 Å². The average Bonchev–Trinajstić information content (AvgIpc) is 2.90. The third-order valence-corrected chi connectivity index (χ3v) is 19.7. The van der Waals surface area contributed by atoms with Gasteiger partial charge in [-0.3, -0.25) is 0 Å². The molecule has 0 aliphatic rings. The van der Waals surface area contributed by atoms with Gasteiger partial charge >= 0.3 is 0 Å². The summed E-state index contributed by atoms with van der Waals surface area (Å²) in [4.78, 5) is 0. The SMILES string of the molecule is C[Si](C)(Cl)CC[Si](CC[Si](Cl)(Cl)c1ccc(-c2ccccc2)cc1)(c1ccccc1)c1ccccc1. The summed E-state index contributed by atoms with van der Waals surface area (Å²) in [5.41, 5.74) is 2.39. The molecule has 4 aromatic carbocycles. The number of halogens is 3. The van der Waals surface area contributed by atoms with Gasteiger partial charge in [-0.2, -0.15) is 11.1 Å². The molecule has 0 aliphatic heterocycles. The first-order valence-corrected chi connectivity index (χ1v) is 23.4. The normalized spacial score (nSPS) is 12.5. The molecule has 0 heterocycles. The van der Waals surface area contributed by atoms with Crippen LogP contribution in [0.5, 0.6) is 0 Å². The minimum Gasteiger partial charge on any atom is -0.168 e. The van der Waals surface area contributed by atoms with Crippen LogP contribution >= 0.6 is 33.2 Å². The highest BCUT2D eigenvalue weighted by Gasteiger charge is 2.42. The summed E-state index contributed by atoms with van der Waals surface area (Å²) in [5, 5.41) is 3.98. The van der Waals surface area contributed by atoms with Crippen LogP contribution < -0.4 is 15.6 Å². The van der Waals surface area contributed by atoms with Crippen LogP contribution in [0.25, 0.3) is 11.1 Å². The van der Waals surface area contributed by atoms with Crippen molar-refractivity contribution in [2.75, 3.05) is 0 Å². The Morgan fingerprint density at radius 3 is 1.33 bits per heavy atom. The van der Waals surface area contributed by atoms with Gasteiger partial charge in [0.05, 0.1) is 0 Å². The largest absolute Gasteiger partial charge is 0.280 e. The molecule has 0 saturated carbocycles. The van der Waals surface area contributed by atoms with Crippen LogP contribution in [0.4, 0.5) is 0 Å². The van der Waals surface area contributed by atoms with E-state index >= 15 is 0 Å². The molecule has 36 heavy (non-hydrogen) atoms.